The highest BCUT2D eigenvalue weighted by molar-refractivity contribution is 8.00. The number of thioether (sulfide) groups is 1. The fraction of sp³-hybridized carbons (Fsp3) is 0.429. The Labute approximate surface area is 128 Å². The van der Waals surface area contributed by atoms with E-state index in [2.05, 4.69) is 27.7 Å². The quantitative estimate of drug-likeness (QED) is 0.795. The smallest absolute Gasteiger partial charge is 0.170 e. The van der Waals surface area contributed by atoms with E-state index >= 15 is 0 Å². The molecule has 4 nitrogen and oxygen atoms in total. The van der Waals surface area contributed by atoms with E-state index < -0.39 is 0 Å². The van der Waals surface area contributed by atoms with E-state index in [4.69, 9.17) is 4.74 Å². The number of hydrogen-bond acceptors (Lipinski definition) is 6. The maximum Gasteiger partial charge on any atom is 0.170 e. The lowest BCUT2D eigenvalue weighted by Gasteiger charge is -2.19. The van der Waals surface area contributed by atoms with Crippen molar-refractivity contribution in [1.29, 1.82) is 0 Å². The van der Waals surface area contributed by atoms with Gasteiger partial charge in [-0.3, -0.25) is 0 Å². The fourth-order valence-corrected chi connectivity index (χ4v) is 3.70. The van der Waals surface area contributed by atoms with Gasteiger partial charge in [-0.1, -0.05) is 36.9 Å². The van der Waals surface area contributed by atoms with Gasteiger partial charge in [-0.05, 0) is 31.1 Å². The summed E-state index contributed by atoms with van der Waals surface area (Å²) in [6.45, 7) is 4.95. The van der Waals surface area contributed by atoms with Crippen molar-refractivity contribution in [1.82, 2.24) is 14.7 Å². The average Bonchev–Trinajstić information content (AvgIpc) is 2.89. The first-order chi connectivity index (χ1) is 9.74. The summed E-state index contributed by atoms with van der Waals surface area (Å²) in [6.07, 6.45) is 0. The number of aromatic nitrogens is 2. The molecule has 0 aliphatic carbocycles. The highest BCUT2D eigenvalue weighted by Gasteiger charge is 2.16. The summed E-state index contributed by atoms with van der Waals surface area (Å²) >= 11 is 3.19. The number of ether oxygens (including phenoxy) is 1. The molecule has 1 atom stereocenters. The van der Waals surface area contributed by atoms with Crippen molar-refractivity contribution in [2.24, 2.45) is 0 Å². The second-order valence-electron chi connectivity index (χ2n) is 4.27. The van der Waals surface area contributed by atoms with Crippen LogP contribution in [0.5, 0.6) is 5.75 Å². The van der Waals surface area contributed by atoms with Crippen LogP contribution in [-0.4, -0.2) is 28.8 Å². The van der Waals surface area contributed by atoms with Crippen molar-refractivity contribution in [2.75, 3.05) is 19.4 Å². The first-order valence-corrected chi connectivity index (χ1v) is 8.30. The summed E-state index contributed by atoms with van der Waals surface area (Å²) < 4.78 is 10.7. The lowest BCUT2D eigenvalue weighted by molar-refractivity contribution is 0.403. The van der Waals surface area contributed by atoms with E-state index in [0.29, 0.717) is 0 Å². The number of aryl methyl sites for hydroxylation is 1. The van der Waals surface area contributed by atoms with Crippen molar-refractivity contribution < 1.29 is 4.74 Å². The predicted molar refractivity (Wildman–Crippen MR) is 84.8 cm³/mol. The predicted octanol–water partition coefficient (Wildman–Crippen LogP) is 3.30. The van der Waals surface area contributed by atoms with Gasteiger partial charge in [0.25, 0.3) is 0 Å². The van der Waals surface area contributed by atoms with Crippen LogP contribution in [0.15, 0.2) is 28.6 Å². The summed E-state index contributed by atoms with van der Waals surface area (Å²) in [5, 5.41) is 3.51. The first kappa shape index (κ1) is 15.3. The molecule has 1 aromatic heterocycles. The van der Waals surface area contributed by atoms with Crippen LogP contribution in [0.25, 0.3) is 0 Å². The fourth-order valence-electron chi connectivity index (χ4n) is 1.95. The summed E-state index contributed by atoms with van der Waals surface area (Å²) in [5.74, 6) is 2.67. The number of methoxy groups -OCH3 is 1. The molecule has 0 amide bonds. The van der Waals surface area contributed by atoms with Crippen LogP contribution in [0.2, 0.25) is 0 Å². The van der Waals surface area contributed by atoms with Crippen molar-refractivity contribution in [2.45, 2.75) is 24.2 Å². The molecule has 1 aromatic carbocycles. The Balaban J connectivity index is 2.10. The van der Waals surface area contributed by atoms with Gasteiger partial charge in [0.15, 0.2) is 4.34 Å². The molecule has 0 fully saturated rings. The van der Waals surface area contributed by atoms with Crippen molar-refractivity contribution in [3.8, 4) is 5.75 Å². The molecular formula is C14H19N3OS2. The standard InChI is InChI=1S/C14H19N3OS2/c1-4-15-12(9-19-14-16-10(2)17-20-14)11-7-5-6-8-13(11)18-3/h5-8,12,15H,4,9H2,1-3H3. The highest BCUT2D eigenvalue weighted by atomic mass is 32.2. The Bertz CT molecular complexity index is 545. The molecule has 2 aromatic rings. The van der Waals surface area contributed by atoms with Crippen molar-refractivity contribution in [3.05, 3.63) is 35.7 Å². The molecule has 2 rings (SSSR count). The molecule has 0 radical (unpaired) electrons. The third-order valence-corrected chi connectivity index (χ3v) is 4.87. The van der Waals surface area contributed by atoms with Crippen LogP contribution in [0, 0.1) is 6.92 Å². The van der Waals surface area contributed by atoms with E-state index in [0.717, 1.165) is 28.2 Å². The molecule has 20 heavy (non-hydrogen) atoms. The monoisotopic (exact) mass is 309 g/mol. The van der Waals surface area contributed by atoms with E-state index in [1.54, 1.807) is 18.9 Å². The van der Waals surface area contributed by atoms with Crippen LogP contribution >= 0.6 is 23.3 Å². The zero-order valence-corrected chi connectivity index (χ0v) is 13.6. The summed E-state index contributed by atoms with van der Waals surface area (Å²) in [7, 11) is 1.71. The van der Waals surface area contributed by atoms with E-state index in [1.807, 2.05) is 25.1 Å². The molecule has 6 heteroatoms. The minimum absolute atomic E-state index is 0.241. The highest BCUT2D eigenvalue weighted by Crippen LogP contribution is 2.30. The Morgan fingerprint density at radius 3 is 2.85 bits per heavy atom. The van der Waals surface area contributed by atoms with Gasteiger partial charge in [0.05, 0.1) is 7.11 Å². The van der Waals surface area contributed by atoms with Crippen LogP contribution in [0.4, 0.5) is 0 Å². The van der Waals surface area contributed by atoms with Gasteiger partial charge in [-0.15, -0.1) is 0 Å². The normalized spacial score (nSPS) is 12.3. The van der Waals surface area contributed by atoms with Gasteiger partial charge >= 0.3 is 0 Å². The molecule has 0 saturated carbocycles. The average molecular weight is 309 g/mol. The molecule has 1 unspecified atom stereocenters. The first-order valence-electron chi connectivity index (χ1n) is 6.54. The maximum atomic E-state index is 5.45. The molecule has 1 heterocycles. The van der Waals surface area contributed by atoms with Crippen molar-refractivity contribution >= 4 is 23.3 Å². The molecule has 0 aliphatic rings. The Morgan fingerprint density at radius 1 is 1.40 bits per heavy atom. The number of hydrogen-bond donors (Lipinski definition) is 1. The van der Waals surface area contributed by atoms with Gasteiger partial charge in [0, 0.05) is 17.4 Å². The molecular weight excluding hydrogens is 290 g/mol. The third-order valence-electron chi connectivity index (χ3n) is 2.85. The van der Waals surface area contributed by atoms with E-state index in [9.17, 15) is 0 Å². The molecule has 0 spiro atoms. The van der Waals surface area contributed by atoms with Crippen LogP contribution in [-0.2, 0) is 0 Å². The Kier molecular flexibility index (Phi) is 5.82. The lowest BCUT2D eigenvalue weighted by atomic mass is 10.1. The second-order valence-corrected chi connectivity index (χ2v) is 6.29. The van der Waals surface area contributed by atoms with Crippen LogP contribution in [0.3, 0.4) is 0 Å². The van der Waals surface area contributed by atoms with Crippen LogP contribution < -0.4 is 10.1 Å². The maximum absolute atomic E-state index is 5.45. The third kappa shape index (κ3) is 3.94. The van der Waals surface area contributed by atoms with Crippen LogP contribution in [0.1, 0.15) is 24.4 Å². The topological polar surface area (TPSA) is 47.0 Å². The zero-order chi connectivity index (χ0) is 14.4. The minimum atomic E-state index is 0.241. The molecule has 108 valence electrons. The molecule has 0 bridgehead atoms. The van der Waals surface area contributed by atoms with Crippen molar-refractivity contribution in [3.63, 3.8) is 0 Å². The SMILES string of the molecule is CCNC(CSc1nc(C)ns1)c1ccccc1OC. The zero-order valence-electron chi connectivity index (χ0n) is 11.9. The summed E-state index contributed by atoms with van der Waals surface area (Å²) in [4.78, 5) is 4.39. The minimum Gasteiger partial charge on any atom is -0.496 e. The number of nitrogens with one attached hydrogen (secondary N) is 1. The number of para-hydroxylation sites is 1. The van der Waals surface area contributed by atoms with E-state index in [-0.39, 0.29) is 6.04 Å². The van der Waals surface area contributed by atoms with Gasteiger partial charge in [-0.2, -0.15) is 4.37 Å². The number of benzene rings is 1. The molecule has 0 saturated heterocycles. The van der Waals surface area contributed by atoms with E-state index in [1.165, 1.54) is 17.1 Å². The second kappa shape index (κ2) is 7.61. The van der Waals surface area contributed by atoms with Gasteiger partial charge < -0.3 is 10.1 Å². The molecule has 0 aliphatic heterocycles. The molecule has 1 N–H and O–H groups in total. The van der Waals surface area contributed by atoms with Gasteiger partial charge in [0.1, 0.15) is 11.6 Å². The van der Waals surface area contributed by atoms with Gasteiger partial charge in [-0.25, -0.2) is 4.98 Å². The summed E-state index contributed by atoms with van der Waals surface area (Å²) in [5.41, 5.74) is 1.19. The summed E-state index contributed by atoms with van der Waals surface area (Å²) in [6, 6.07) is 8.39. The Morgan fingerprint density at radius 2 is 2.20 bits per heavy atom. The number of nitrogens with zero attached hydrogens (tertiary/aromatic N) is 2. The number of rotatable bonds is 7. The largest absolute Gasteiger partial charge is 0.496 e. The Hall–Kier alpha value is -1.11. The lowest BCUT2D eigenvalue weighted by Crippen LogP contribution is -2.23. The van der Waals surface area contributed by atoms with Gasteiger partial charge in [0.2, 0.25) is 0 Å².